The minimum Gasteiger partial charge on any atom is -0.464 e. The predicted octanol–water partition coefficient (Wildman–Crippen LogP) is -0.400. The second-order valence-electron chi connectivity index (χ2n) is 3.19. The highest BCUT2D eigenvalue weighted by atomic mass is 16.5. The molecule has 17 heavy (non-hydrogen) atoms. The molecule has 0 bridgehead atoms. The van der Waals surface area contributed by atoms with Gasteiger partial charge >= 0.3 is 11.9 Å². The number of carbonyl (C=O) groups is 2. The Morgan fingerprint density at radius 2 is 2.18 bits per heavy atom. The van der Waals surface area contributed by atoms with Gasteiger partial charge in [0.25, 0.3) is 0 Å². The molecule has 2 N–H and O–H groups in total. The Hall–Kier alpha value is -2.12. The van der Waals surface area contributed by atoms with Crippen LogP contribution in [0.2, 0.25) is 0 Å². The Labute approximate surface area is 97.7 Å². The average molecular weight is 242 g/mol. The largest absolute Gasteiger partial charge is 0.464 e. The van der Waals surface area contributed by atoms with E-state index in [0.29, 0.717) is 6.61 Å². The Morgan fingerprint density at radius 1 is 1.47 bits per heavy atom. The van der Waals surface area contributed by atoms with Gasteiger partial charge in [-0.25, -0.2) is 9.48 Å². The van der Waals surface area contributed by atoms with E-state index in [4.69, 9.17) is 10.5 Å². The highest BCUT2D eigenvalue weighted by Crippen LogP contribution is 2.08. The van der Waals surface area contributed by atoms with Crippen molar-refractivity contribution in [3.63, 3.8) is 0 Å². The van der Waals surface area contributed by atoms with E-state index in [1.807, 2.05) is 6.92 Å². The number of nitrogen functional groups attached to an aromatic ring is 1. The van der Waals surface area contributed by atoms with Crippen molar-refractivity contribution in [3.8, 4) is 0 Å². The number of hydrogen-bond donors (Lipinski definition) is 1. The number of nitrogens with two attached hydrogens (primary N) is 1. The Bertz CT molecular complexity index is 415. The molecule has 0 fully saturated rings. The first kappa shape index (κ1) is 12.9. The number of hydrogen-bond acceptors (Lipinski definition) is 7. The molecule has 0 aliphatic heterocycles. The molecule has 0 unspecified atom stereocenters. The summed E-state index contributed by atoms with van der Waals surface area (Å²) in [5.74, 6) is -1.21. The summed E-state index contributed by atoms with van der Waals surface area (Å²) in [4.78, 5) is 22.5. The zero-order valence-electron chi connectivity index (χ0n) is 9.67. The maximum atomic E-state index is 11.3. The number of methoxy groups -OCH3 is 1. The van der Waals surface area contributed by atoms with Crippen LogP contribution in [0.15, 0.2) is 0 Å². The van der Waals surface area contributed by atoms with Crippen molar-refractivity contribution < 1.29 is 19.1 Å². The molecule has 8 nitrogen and oxygen atoms in total. The lowest BCUT2D eigenvalue weighted by molar-refractivity contribution is -0.144. The number of anilines is 1. The normalized spacial score (nSPS) is 10.0. The minimum absolute atomic E-state index is 0.0229. The van der Waals surface area contributed by atoms with Gasteiger partial charge in [-0.05, 0) is 6.42 Å². The molecular weight excluding hydrogens is 228 g/mol. The van der Waals surface area contributed by atoms with E-state index >= 15 is 0 Å². The van der Waals surface area contributed by atoms with Crippen molar-refractivity contribution >= 4 is 17.8 Å². The number of carbonyl (C=O) groups excluding carboxylic acids is 2. The van der Waals surface area contributed by atoms with E-state index in [2.05, 4.69) is 15.0 Å². The molecule has 0 spiro atoms. The third kappa shape index (κ3) is 3.16. The van der Waals surface area contributed by atoms with Crippen LogP contribution in [-0.2, 0) is 20.8 Å². The zero-order valence-corrected chi connectivity index (χ0v) is 9.67. The van der Waals surface area contributed by atoms with Gasteiger partial charge in [0.05, 0.1) is 13.7 Å². The topological polar surface area (TPSA) is 109 Å². The first-order valence-electron chi connectivity index (χ1n) is 5.03. The van der Waals surface area contributed by atoms with Crippen molar-refractivity contribution in [2.24, 2.45) is 0 Å². The van der Waals surface area contributed by atoms with Gasteiger partial charge in [0, 0.05) is 0 Å². The maximum Gasteiger partial charge on any atom is 0.362 e. The van der Waals surface area contributed by atoms with Gasteiger partial charge < -0.3 is 15.2 Å². The van der Waals surface area contributed by atoms with Gasteiger partial charge in [-0.2, -0.15) is 0 Å². The average Bonchev–Trinajstić information content (AvgIpc) is 2.67. The summed E-state index contributed by atoms with van der Waals surface area (Å²) >= 11 is 0. The number of aromatic nitrogens is 3. The molecule has 0 atom stereocenters. The van der Waals surface area contributed by atoms with Gasteiger partial charge in [0.1, 0.15) is 6.54 Å². The van der Waals surface area contributed by atoms with Gasteiger partial charge in [-0.1, -0.05) is 12.1 Å². The van der Waals surface area contributed by atoms with Crippen LogP contribution in [0.1, 0.15) is 23.8 Å². The van der Waals surface area contributed by atoms with Crippen LogP contribution < -0.4 is 5.73 Å². The van der Waals surface area contributed by atoms with Crippen LogP contribution in [-0.4, -0.2) is 40.6 Å². The molecule has 8 heteroatoms. The lowest BCUT2D eigenvalue weighted by Crippen LogP contribution is -2.17. The van der Waals surface area contributed by atoms with Gasteiger partial charge in [-0.15, -0.1) is 5.10 Å². The first-order valence-corrected chi connectivity index (χ1v) is 5.03. The van der Waals surface area contributed by atoms with Crippen molar-refractivity contribution in [1.29, 1.82) is 0 Å². The second-order valence-corrected chi connectivity index (χ2v) is 3.19. The summed E-state index contributed by atoms with van der Waals surface area (Å²) in [5.41, 5.74) is 5.47. The molecule has 0 saturated heterocycles. The summed E-state index contributed by atoms with van der Waals surface area (Å²) in [6.07, 6.45) is 0.728. The van der Waals surface area contributed by atoms with Crippen molar-refractivity contribution in [1.82, 2.24) is 15.0 Å². The fraction of sp³-hybridized carbons (Fsp3) is 0.556. The zero-order chi connectivity index (χ0) is 12.8. The van der Waals surface area contributed by atoms with Crippen LogP contribution in [0.25, 0.3) is 0 Å². The van der Waals surface area contributed by atoms with Crippen LogP contribution in [0.4, 0.5) is 5.82 Å². The molecular formula is C9H14N4O4. The number of nitrogens with zero attached hydrogens (tertiary/aromatic N) is 3. The molecule has 94 valence electrons. The van der Waals surface area contributed by atoms with E-state index < -0.39 is 11.9 Å². The maximum absolute atomic E-state index is 11.3. The van der Waals surface area contributed by atoms with Gasteiger partial charge in [0.15, 0.2) is 5.82 Å². The first-order chi connectivity index (χ1) is 8.10. The monoisotopic (exact) mass is 242 g/mol. The fourth-order valence-electron chi connectivity index (χ4n) is 1.06. The Kier molecular flexibility index (Phi) is 4.44. The fourth-order valence-corrected chi connectivity index (χ4v) is 1.06. The molecule has 0 radical (unpaired) electrons. The van der Waals surface area contributed by atoms with Crippen molar-refractivity contribution in [2.75, 3.05) is 19.5 Å². The quantitative estimate of drug-likeness (QED) is 0.699. The SMILES string of the molecule is CCCOC(=O)Cn1nnc(C(=O)OC)c1N. The van der Waals surface area contributed by atoms with E-state index in [1.54, 1.807) is 0 Å². The number of ether oxygens (including phenoxy) is 2. The predicted molar refractivity (Wildman–Crippen MR) is 57.0 cm³/mol. The highest BCUT2D eigenvalue weighted by Gasteiger charge is 2.19. The molecule has 0 aromatic carbocycles. The molecule has 1 heterocycles. The third-order valence-corrected chi connectivity index (χ3v) is 1.90. The molecule has 0 saturated carbocycles. The van der Waals surface area contributed by atoms with Crippen molar-refractivity contribution in [2.45, 2.75) is 19.9 Å². The highest BCUT2D eigenvalue weighted by molar-refractivity contribution is 5.91. The Morgan fingerprint density at radius 3 is 2.76 bits per heavy atom. The lowest BCUT2D eigenvalue weighted by Gasteiger charge is -2.03. The summed E-state index contributed by atoms with van der Waals surface area (Å²) < 4.78 is 10.4. The van der Waals surface area contributed by atoms with Crippen molar-refractivity contribution in [3.05, 3.63) is 5.69 Å². The summed E-state index contributed by atoms with van der Waals surface area (Å²) in [6, 6.07) is 0. The summed E-state index contributed by atoms with van der Waals surface area (Å²) in [7, 11) is 1.20. The molecule has 1 rings (SSSR count). The second kappa shape index (κ2) is 5.83. The third-order valence-electron chi connectivity index (χ3n) is 1.90. The summed E-state index contributed by atoms with van der Waals surface area (Å²) in [6.45, 7) is 2.03. The Balaban J connectivity index is 2.70. The summed E-state index contributed by atoms with van der Waals surface area (Å²) in [5, 5.41) is 7.10. The van der Waals surface area contributed by atoms with Gasteiger partial charge in [-0.3, -0.25) is 4.79 Å². The smallest absolute Gasteiger partial charge is 0.362 e. The molecule has 1 aromatic rings. The van der Waals surface area contributed by atoms with Crippen LogP contribution in [0.3, 0.4) is 0 Å². The number of esters is 2. The van der Waals surface area contributed by atoms with E-state index in [1.165, 1.54) is 7.11 Å². The van der Waals surface area contributed by atoms with Crippen LogP contribution >= 0.6 is 0 Å². The molecule has 0 amide bonds. The van der Waals surface area contributed by atoms with Crippen LogP contribution in [0.5, 0.6) is 0 Å². The van der Waals surface area contributed by atoms with E-state index in [0.717, 1.165) is 11.1 Å². The lowest BCUT2D eigenvalue weighted by atomic mass is 10.4. The molecule has 0 aliphatic rings. The van der Waals surface area contributed by atoms with E-state index in [-0.39, 0.29) is 18.1 Å². The minimum atomic E-state index is -0.698. The van der Waals surface area contributed by atoms with E-state index in [9.17, 15) is 9.59 Å². The molecule has 1 aromatic heterocycles. The van der Waals surface area contributed by atoms with Crippen LogP contribution in [0, 0.1) is 0 Å². The standard InChI is InChI=1S/C9H14N4O4/c1-3-4-17-6(14)5-13-8(10)7(11-12-13)9(15)16-2/h3-5,10H2,1-2H3. The molecule has 0 aliphatic carbocycles. The van der Waals surface area contributed by atoms with Gasteiger partial charge in [0.2, 0.25) is 5.69 Å². The number of rotatable bonds is 5.